The highest BCUT2D eigenvalue weighted by Gasteiger charge is 2.08. The number of aliphatic hydroxyl groups is 1. The molecule has 0 saturated heterocycles. The van der Waals surface area contributed by atoms with E-state index in [0.29, 0.717) is 19.3 Å². The number of rotatable bonds is 12. The smallest absolute Gasteiger partial charge is 0.224 e. The average Bonchev–Trinajstić information content (AvgIpc) is 2.59. The minimum absolute atomic E-state index is 0.0288. The molecule has 2 N–H and O–H groups in total. The van der Waals surface area contributed by atoms with Crippen LogP contribution in [0.2, 0.25) is 0 Å². The molecule has 0 unspecified atom stereocenters. The summed E-state index contributed by atoms with van der Waals surface area (Å²) in [5, 5.41) is 11.5. The van der Waals surface area contributed by atoms with Gasteiger partial charge in [-0.3, -0.25) is 14.4 Å². The van der Waals surface area contributed by atoms with Crippen LogP contribution in [0.4, 0.5) is 5.69 Å². The van der Waals surface area contributed by atoms with Crippen LogP contribution in [0.5, 0.6) is 0 Å². The van der Waals surface area contributed by atoms with Gasteiger partial charge in [-0.05, 0) is 30.5 Å². The Morgan fingerprint density at radius 2 is 1.56 bits per heavy atom. The molecule has 5 nitrogen and oxygen atoms in total. The van der Waals surface area contributed by atoms with Gasteiger partial charge in [0.2, 0.25) is 5.91 Å². The number of hydrogen-bond acceptors (Lipinski definition) is 4. The third-order valence-corrected chi connectivity index (χ3v) is 4.05. The van der Waals surface area contributed by atoms with Crippen molar-refractivity contribution in [2.24, 2.45) is 5.92 Å². The lowest BCUT2D eigenvalue weighted by atomic mass is 10.0. The minimum Gasteiger partial charge on any atom is -0.389 e. The van der Waals surface area contributed by atoms with Crippen LogP contribution in [0.15, 0.2) is 24.3 Å². The van der Waals surface area contributed by atoms with E-state index < -0.39 is 0 Å². The molecule has 0 aromatic heterocycles. The highest BCUT2D eigenvalue weighted by Crippen LogP contribution is 2.13. The molecule has 0 radical (unpaired) electrons. The number of carbonyl (C=O) groups excluding carboxylic acids is 3. The SMILES string of the molecule is CC(C)C(=O)Cc1ccc(NC(=O)CCCCCCC(=O)CO)cc1. The maximum atomic E-state index is 11.9. The number of ketones is 2. The van der Waals surface area contributed by atoms with Crippen LogP contribution in [-0.2, 0) is 20.8 Å². The van der Waals surface area contributed by atoms with Gasteiger partial charge in [0.25, 0.3) is 0 Å². The second kappa shape index (κ2) is 11.5. The fourth-order valence-corrected chi connectivity index (χ4v) is 2.38. The van der Waals surface area contributed by atoms with Gasteiger partial charge >= 0.3 is 0 Å². The summed E-state index contributed by atoms with van der Waals surface area (Å²) in [7, 11) is 0. The van der Waals surface area contributed by atoms with E-state index in [1.807, 2.05) is 38.1 Å². The molecule has 138 valence electrons. The second-order valence-corrected chi connectivity index (χ2v) is 6.65. The maximum absolute atomic E-state index is 11.9. The van der Waals surface area contributed by atoms with Crippen LogP contribution in [0.25, 0.3) is 0 Å². The summed E-state index contributed by atoms with van der Waals surface area (Å²) in [4.78, 5) is 34.6. The fraction of sp³-hybridized carbons (Fsp3) is 0.550. The normalized spacial score (nSPS) is 10.7. The van der Waals surface area contributed by atoms with Crippen molar-refractivity contribution >= 4 is 23.2 Å². The van der Waals surface area contributed by atoms with E-state index in [2.05, 4.69) is 5.32 Å². The number of hydrogen-bond donors (Lipinski definition) is 2. The lowest BCUT2D eigenvalue weighted by Crippen LogP contribution is -2.12. The zero-order chi connectivity index (χ0) is 18.7. The molecule has 0 spiro atoms. The van der Waals surface area contributed by atoms with E-state index in [4.69, 9.17) is 5.11 Å². The predicted molar refractivity (Wildman–Crippen MR) is 98.4 cm³/mol. The average molecular weight is 347 g/mol. The summed E-state index contributed by atoms with van der Waals surface area (Å²) in [5.74, 6) is 0.0762. The lowest BCUT2D eigenvalue weighted by Gasteiger charge is -2.07. The van der Waals surface area contributed by atoms with E-state index in [1.165, 1.54) is 0 Å². The van der Waals surface area contributed by atoms with Gasteiger partial charge in [0.1, 0.15) is 12.4 Å². The molecule has 0 aliphatic carbocycles. The molecule has 0 aliphatic heterocycles. The van der Waals surface area contributed by atoms with Crippen molar-refractivity contribution in [3.8, 4) is 0 Å². The number of amides is 1. The maximum Gasteiger partial charge on any atom is 0.224 e. The highest BCUT2D eigenvalue weighted by atomic mass is 16.3. The largest absolute Gasteiger partial charge is 0.389 e. The summed E-state index contributed by atoms with van der Waals surface area (Å²) in [6.07, 6.45) is 4.60. The van der Waals surface area contributed by atoms with Crippen molar-refractivity contribution in [2.75, 3.05) is 11.9 Å². The molecule has 5 heteroatoms. The molecule has 0 fully saturated rings. The molecule has 1 amide bonds. The standard InChI is InChI=1S/C20H29NO4/c1-15(2)19(24)13-16-9-11-17(12-10-16)21-20(25)8-6-4-3-5-7-18(23)14-22/h9-12,15,22H,3-8,13-14H2,1-2H3,(H,21,25). The zero-order valence-electron chi connectivity index (χ0n) is 15.2. The highest BCUT2D eigenvalue weighted by molar-refractivity contribution is 5.90. The molecule has 1 aromatic rings. The molecule has 1 rings (SSSR count). The van der Waals surface area contributed by atoms with Gasteiger partial charge in [0.15, 0.2) is 5.78 Å². The quantitative estimate of drug-likeness (QED) is 0.568. The van der Waals surface area contributed by atoms with Crippen molar-refractivity contribution in [1.82, 2.24) is 0 Å². The Kier molecular flexibility index (Phi) is 9.70. The molecule has 0 aliphatic rings. The Morgan fingerprint density at radius 3 is 2.12 bits per heavy atom. The van der Waals surface area contributed by atoms with E-state index >= 15 is 0 Å². The van der Waals surface area contributed by atoms with Gasteiger partial charge in [0, 0.05) is 30.9 Å². The third kappa shape index (κ3) is 9.15. The number of carbonyl (C=O) groups is 3. The monoisotopic (exact) mass is 347 g/mol. The first-order valence-electron chi connectivity index (χ1n) is 8.96. The van der Waals surface area contributed by atoms with Crippen LogP contribution in [0.3, 0.4) is 0 Å². The van der Waals surface area contributed by atoms with E-state index in [0.717, 1.165) is 36.9 Å². The van der Waals surface area contributed by atoms with Gasteiger partial charge in [-0.2, -0.15) is 0 Å². The number of nitrogens with one attached hydrogen (secondary N) is 1. The third-order valence-electron chi connectivity index (χ3n) is 4.05. The molecule has 0 heterocycles. The van der Waals surface area contributed by atoms with Gasteiger partial charge < -0.3 is 10.4 Å². The summed E-state index contributed by atoms with van der Waals surface area (Å²) < 4.78 is 0. The number of Topliss-reactive ketones (excluding diaryl/α,β-unsaturated/α-hetero) is 2. The van der Waals surface area contributed by atoms with Crippen LogP contribution < -0.4 is 5.32 Å². The van der Waals surface area contributed by atoms with E-state index in [1.54, 1.807) is 0 Å². The van der Waals surface area contributed by atoms with Crippen LogP contribution >= 0.6 is 0 Å². The van der Waals surface area contributed by atoms with Gasteiger partial charge in [0.05, 0.1) is 0 Å². The summed E-state index contributed by atoms with van der Waals surface area (Å²) in [6.45, 7) is 3.40. The predicted octanol–water partition coefficient (Wildman–Crippen LogP) is 3.29. The molecule has 0 atom stereocenters. The van der Waals surface area contributed by atoms with Gasteiger partial charge in [-0.15, -0.1) is 0 Å². The van der Waals surface area contributed by atoms with Crippen LogP contribution in [-0.4, -0.2) is 29.2 Å². The Balaban J connectivity index is 2.24. The molecular weight excluding hydrogens is 318 g/mol. The number of aliphatic hydroxyl groups excluding tert-OH is 1. The van der Waals surface area contributed by atoms with Crippen molar-refractivity contribution in [2.45, 2.75) is 58.8 Å². The molecule has 0 saturated carbocycles. The van der Waals surface area contributed by atoms with Crippen molar-refractivity contribution in [1.29, 1.82) is 0 Å². The first-order valence-corrected chi connectivity index (χ1v) is 8.96. The number of unbranched alkanes of at least 4 members (excludes halogenated alkanes) is 3. The summed E-state index contributed by atoms with van der Waals surface area (Å²) in [6, 6.07) is 7.38. The Labute approximate surface area is 149 Å². The first-order chi connectivity index (χ1) is 11.9. The Bertz CT molecular complexity index is 564. The van der Waals surface area contributed by atoms with Crippen molar-refractivity contribution < 1.29 is 19.5 Å². The minimum atomic E-state index is -0.382. The van der Waals surface area contributed by atoms with E-state index in [9.17, 15) is 14.4 Å². The topological polar surface area (TPSA) is 83.5 Å². The fourth-order valence-electron chi connectivity index (χ4n) is 2.38. The summed E-state index contributed by atoms with van der Waals surface area (Å²) in [5.41, 5.74) is 1.69. The molecule has 25 heavy (non-hydrogen) atoms. The molecule has 1 aromatic carbocycles. The van der Waals surface area contributed by atoms with E-state index in [-0.39, 0.29) is 30.0 Å². The van der Waals surface area contributed by atoms with Crippen LogP contribution in [0, 0.1) is 5.92 Å². The van der Waals surface area contributed by atoms with Crippen molar-refractivity contribution in [3.05, 3.63) is 29.8 Å². The Hall–Kier alpha value is -2.01. The summed E-state index contributed by atoms with van der Waals surface area (Å²) >= 11 is 0. The zero-order valence-corrected chi connectivity index (χ0v) is 15.2. The van der Waals surface area contributed by atoms with Gasteiger partial charge in [-0.1, -0.05) is 38.8 Å². The second-order valence-electron chi connectivity index (χ2n) is 6.65. The Morgan fingerprint density at radius 1 is 0.960 bits per heavy atom. The first kappa shape index (κ1) is 21.0. The van der Waals surface area contributed by atoms with Gasteiger partial charge in [-0.25, -0.2) is 0 Å². The lowest BCUT2D eigenvalue weighted by molar-refractivity contribution is -0.122. The molecule has 0 bridgehead atoms. The number of benzene rings is 1. The van der Waals surface area contributed by atoms with Crippen LogP contribution in [0.1, 0.15) is 57.9 Å². The van der Waals surface area contributed by atoms with Crippen molar-refractivity contribution in [3.63, 3.8) is 0 Å². The molecular formula is C20H29NO4. The number of anilines is 1.